The van der Waals surface area contributed by atoms with Crippen molar-refractivity contribution in [3.05, 3.63) is 53.9 Å². The third kappa shape index (κ3) is 4.10. The summed E-state index contributed by atoms with van der Waals surface area (Å²) in [7, 11) is 0. The van der Waals surface area contributed by atoms with Gasteiger partial charge in [-0.1, -0.05) is 24.8 Å². The summed E-state index contributed by atoms with van der Waals surface area (Å²) >= 11 is 3.77. The van der Waals surface area contributed by atoms with E-state index in [4.69, 9.17) is 0 Å². The summed E-state index contributed by atoms with van der Waals surface area (Å²) in [4.78, 5) is 18.5. The largest absolute Gasteiger partial charge is 0.326 e. The van der Waals surface area contributed by atoms with Crippen LogP contribution in [0.4, 0.5) is 11.6 Å². The minimum Gasteiger partial charge on any atom is -0.326 e. The fraction of sp³-hybridized carbons (Fsp3) is 0.125. The van der Waals surface area contributed by atoms with Crippen LogP contribution in [0, 0.1) is 0 Å². The van der Waals surface area contributed by atoms with Crippen LogP contribution < -0.4 is 5.32 Å². The van der Waals surface area contributed by atoms with Gasteiger partial charge in [-0.25, -0.2) is 4.98 Å². The summed E-state index contributed by atoms with van der Waals surface area (Å²) in [5, 5.41) is 3.04. The minimum absolute atomic E-state index is 0.145. The van der Waals surface area contributed by atoms with E-state index in [9.17, 15) is 4.79 Å². The summed E-state index contributed by atoms with van der Waals surface area (Å²) < 4.78 is 0. The molecule has 0 spiro atoms. The van der Waals surface area contributed by atoms with Crippen molar-refractivity contribution in [2.24, 2.45) is 0 Å². The van der Waals surface area contributed by atoms with E-state index in [1.54, 1.807) is 6.08 Å². The smallest absolute Gasteiger partial charge is 0.205 e. The lowest BCUT2D eigenvalue weighted by atomic mass is 10.1. The van der Waals surface area contributed by atoms with Gasteiger partial charge in [-0.15, -0.1) is 12.6 Å². The van der Waals surface area contributed by atoms with Gasteiger partial charge < -0.3 is 10.3 Å². The van der Waals surface area contributed by atoms with Crippen LogP contribution in [0.15, 0.2) is 36.9 Å². The first-order chi connectivity index (χ1) is 10.1. The Morgan fingerprint density at radius 1 is 1.43 bits per heavy atom. The van der Waals surface area contributed by atoms with E-state index in [2.05, 4.69) is 34.5 Å². The molecular formula is C16H17N3OS. The molecule has 2 aromatic rings. The fourth-order valence-corrected chi connectivity index (χ4v) is 2.11. The molecule has 4 nitrogen and oxygen atoms in total. The fourth-order valence-electron chi connectivity index (χ4n) is 1.93. The Hall–Kier alpha value is -2.27. The maximum Gasteiger partial charge on any atom is 0.205 e. The van der Waals surface area contributed by atoms with Crippen LogP contribution in [0.5, 0.6) is 0 Å². The highest BCUT2D eigenvalue weighted by molar-refractivity contribution is 7.96. The van der Waals surface area contributed by atoms with E-state index < -0.39 is 0 Å². The average Bonchev–Trinajstić information content (AvgIpc) is 2.83. The quantitative estimate of drug-likeness (QED) is 0.711. The predicted octanol–water partition coefficient (Wildman–Crippen LogP) is 3.83. The van der Waals surface area contributed by atoms with Crippen molar-refractivity contribution in [1.29, 1.82) is 0 Å². The number of carbonyl (C=O) groups is 1. The molecule has 0 radical (unpaired) electrons. The standard InChI is InChI=1S/C16H17N3OS/c1-3-5-14-13(4-2)18-16(19-14)17-12-8-6-11(7-9-12)10-15(20)21/h3-9H,2,10H2,1H3,(H,20,21)(H2,17,18,19)/b5-3-. The molecule has 21 heavy (non-hydrogen) atoms. The number of hydrogen-bond acceptors (Lipinski definition) is 3. The van der Waals surface area contributed by atoms with Crippen molar-refractivity contribution >= 4 is 41.5 Å². The molecule has 0 bridgehead atoms. The van der Waals surface area contributed by atoms with Crippen molar-refractivity contribution in [2.45, 2.75) is 13.3 Å². The predicted molar refractivity (Wildman–Crippen MR) is 90.8 cm³/mol. The van der Waals surface area contributed by atoms with Gasteiger partial charge in [-0.05, 0) is 36.8 Å². The van der Waals surface area contributed by atoms with Gasteiger partial charge >= 0.3 is 0 Å². The summed E-state index contributed by atoms with van der Waals surface area (Å²) in [6.07, 6.45) is 5.92. The number of nitrogens with zero attached hydrogens (tertiary/aromatic N) is 1. The van der Waals surface area contributed by atoms with Crippen LogP contribution in [0.1, 0.15) is 23.9 Å². The Kier molecular flexibility index (Phi) is 5.00. The van der Waals surface area contributed by atoms with Crippen LogP contribution in [0.3, 0.4) is 0 Å². The Morgan fingerprint density at radius 2 is 2.14 bits per heavy atom. The number of aromatic nitrogens is 2. The van der Waals surface area contributed by atoms with E-state index in [0.717, 1.165) is 22.6 Å². The first-order valence-corrected chi connectivity index (χ1v) is 7.00. The molecule has 1 heterocycles. The van der Waals surface area contributed by atoms with Crippen molar-refractivity contribution in [2.75, 3.05) is 5.32 Å². The molecule has 0 aliphatic heterocycles. The Labute approximate surface area is 129 Å². The summed E-state index contributed by atoms with van der Waals surface area (Å²) in [6, 6.07) is 7.58. The first kappa shape index (κ1) is 15.1. The van der Waals surface area contributed by atoms with Gasteiger partial charge in [0.2, 0.25) is 5.95 Å². The maximum atomic E-state index is 10.9. The van der Waals surface area contributed by atoms with Gasteiger partial charge in [0.25, 0.3) is 0 Å². The molecular weight excluding hydrogens is 282 g/mol. The molecule has 1 aromatic carbocycles. The van der Waals surface area contributed by atoms with E-state index in [0.29, 0.717) is 12.4 Å². The molecule has 0 unspecified atom stereocenters. The van der Waals surface area contributed by atoms with Crippen LogP contribution >= 0.6 is 12.6 Å². The summed E-state index contributed by atoms with van der Waals surface area (Å²) in [5.41, 5.74) is 3.53. The van der Waals surface area contributed by atoms with Crippen molar-refractivity contribution in [3.63, 3.8) is 0 Å². The van der Waals surface area contributed by atoms with Crippen LogP contribution in [-0.4, -0.2) is 15.1 Å². The molecule has 0 aliphatic rings. The van der Waals surface area contributed by atoms with E-state index in [1.165, 1.54) is 0 Å². The molecule has 2 N–H and O–H groups in total. The van der Waals surface area contributed by atoms with Gasteiger partial charge in [0.05, 0.1) is 11.4 Å². The molecule has 5 heteroatoms. The van der Waals surface area contributed by atoms with E-state index in [-0.39, 0.29) is 5.12 Å². The monoisotopic (exact) mass is 299 g/mol. The molecule has 1 aromatic heterocycles. The molecule has 0 saturated heterocycles. The number of aromatic amines is 1. The summed E-state index contributed by atoms with van der Waals surface area (Å²) in [6.45, 7) is 5.70. The number of imidazole rings is 1. The zero-order valence-corrected chi connectivity index (χ0v) is 12.7. The van der Waals surface area contributed by atoms with Crippen molar-refractivity contribution < 1.29 is 4.79 Å². The number of H-pyrrole nitrogens is 1. The number of hydrogen-bond donors (Lipinski definition) is 3. The Balaban J connectivity index is 2.14. The van der Waals surface area contributed by atoms with Gasteiger partial charge in [0, 0.05) is 12.1 Å². The Morgan fingerprint density at radius 3 is 2.71 bits per heavy atom. The van der Waals surface area contributed by atoms with E-state index >= 15 is 0 Å². The molecule has 108 valence electrons. The second-order valence-electron chi connectivity index (χ2n) is 4.48. The zero-order chi connectivity index (χ0) is 15.2. The van der Waals surface area contributed by atoms with Gasteiger partial charge in [-0.3, -0.25) is 4.79 Å². The SMILES string of the molecule is C=Cc1nc(Nc2ccc(CC(=O)S)cc2)[nH]c1/C=C\C. The number of nitrogens with one attached hydrogen (secondary N) is 2. The highest BCUT2D eigenvalue weighted by Crippen LogP contribution is 2.18. The summed E-state index contributed by atoms with van der Waals surface area (Å²) in [5.74, 6) is 0.649. The van der Waals surface area contributed by atoms with Crippen LogP contribution in [-0.2, 0) is 11.2 Å². The molecule has 0 saturated carbocycles. The van der Waals surface area contributed by atoms with E-state index in [1.807, 2.05) is 43.3 Å². The van der Waals surface area contributed by atoms with Crippen LogP contribution in [0.2, 0.25) is 0 Å². The lowest BCUT2D eigenvalue weighted by Gasteiger charge is -2.04. The first-order valence-electron chi connectivity index (χ1n) is 6.55. The number of thiol groups is 1. The number of rotatable bonds is 6. The molecule has 0 fully saturated rings. The maximum absolute atomic E-state index is 10.9. The lowest BCUT2D eigenvalue weighted by Crippen LogP contribution is -1.95. The topological polar surface area (TPSA) is 57.8 Å². The highest BCUT2D eigenvalue weighted by Gasteiger charge is 2.05. The normalized spacial score (nSPS) is 10.8. The van der Waals surface area contributed by atoms with Crippen molar-refractivity contribution in [3.8, 4) is 0 Å². The number of benzene rings is 1. The molecule has 2 rings (SSSR count). The Bertz CT molecular complexity index is 671. The third-order valence-corrected chi connectivity index (χ3v) is 3.02. The number of anilines is 2. The second kappa shape index (κ2) is 6.95. The number of allylic oxidation sites excluding steroid dienone is 1. The third-order valence-electron chi connectivity index (χ3n) is 2.86. The number of carbonyl (C=O) groups excluding carboxylic acids is 1. The lowest BCUT2D eigenvalue weighted by molar-refractivity contribution is -0.110. The van der Waals surface area contributed by atoms with Crippen LogP contribution in [0.25, 0.3) is 12.2 Å². The highest BCUT2D eigenvalue weighted by atomic mass is 32.1. The average molecular weight is 299 g/mol. The van der Waals surface area contributed by atoms with Gasteiger partial charge in [-0.2, -0.15) is 0 Å². The second-order valence-corrected chi connectivity index (χ2v) is 4.98. The molecule has 0 aliphatic carbocycles. The zero-order valence-electron chi connectivity index (χ0n) is 11.8. The minimum atomic E-state index is -0.145. The van der Waals surface area contributed by atoms with Crippen molar-refractivity contribution in [1.82, 2.24) is 9.97 Å². The molecule has 0 atom stereocenters. The van der Waals surface area contributed by atoms with Gasteiger partial charge in [0.15, 0.2) is 5.12 Å². The molecule has 0 amide bonds. The van der Waals surface area contributed by atoms with Gasteiger partial charge in [0.1, 0.15) is 0 Å².